The van der Waals surface area contributed by atoms with Crippen molar-refractivity contribution >= 4 is 16.9 Å². The van der Waals surface area contributed by atoms with Crippen LogP contribution in [0.2, 0.25) is 0 Å². The highest BCUT2D eigenvalue weighted by molar-refractivity contribution is 5.92. The molecule has 0 saturated carbocycles. The van der Waals surface area contributed by atoms with E-state index in [4.69, 9.17) is 14.5 Å². The first-order valence-electron chi connectivity index (χ1n) is 13.5. The molecule has 0 bridgehead atoms. The van der Waals surface area contributed by atoms with Crippen molar-refractivity contribution in [3.05, 3.63) is 47.0 Å². The molecule has 0 aliphatic carbocycles. The maximum absolute atomic E-state index is 15.2. The van der Waals surface area contributed by atoms with E-state index in [0.717, 1.165) is 36.2 Å². The van der Waals surface area contributed by atoms with Crippen molar-refractivity contribution in [3.8, 4) is 11.3 Å². The molecule has 2 fully saturated rings. The third-order valence-electron chi connectivity index (χ3n) is 7.84. The summed E-state index contributed by atoms with van der Waals surface area (Å²) in [6.07, 6.45) is 3.15. The van der Waals surface area contributed by atoms with Crippen molar-refractivity contribution in [2.75, 3.05) is 31.7 Å². The highest BCUT2D eigenvalue weighted by Gasteiger charge is 2.28. The topological polar surface area (TPSA) is 92.6 Å². The number of ether oxygens (including phenoxy) is 2. The van der Waals surface area contributed by atoms with E-state index in [9.17, 15) is 5.11 Å². The Labute approximate surface area is 223 Å². The Kier molecular flexibility index (Phi) is 7.90. The van der Waals surface area contributed by atoms with Crippen molar-refractivity contribution in [2.45, 2.75) is 77.7 Å². The maximum Gasteiger partial charge on any atom is 0.223 e. The molecule has 4 heterocycles. The number of anilines is 1. The van der Waals surface area contributed by atoms with Gasteiger partial charge in [-0.3, -0.25) is 9.88 Å². The van der Waals surface area contributed by atoms with E-state index in [2.05, 4.69) is 47.9 Å². The van der Waals surface area contributed by atoms with Crippen molar-refractivity contribution in [2.24, 2.45) is 0 Å². The minimum atomic E-state index is -0.668. The number of benzene rings is 1. The SMILES string of the molecule is Cc1c(-c2nc(N[C@@H]3CCOC[C@H]3O)ncc2F)ccc2ncc(CN3[C@@H](C)COC[C@@H]3C)c(C(C)C)c12. The molecule has 38 heavy (non-hydrogen) atoms. The molecule has 0 spiro atoms. The highest BCUT2D eigenvalue weighted by Crippen LogP contribution is 2.36. The highest BCUT2D eigenvalue weighted by atomic mass is 19.1. The lowest BCUT2D eigenvalue weighted by Crippen LogP contribution is -2.49. The minimum Gasteiger partial charge on any atom is -0.389 e. The van der Waals surface area contributed by atoms with Gasteiger partial charge in [0.15, 0.2) is 5.82 Å². The number of hydrogen-bond donors (Lipinski definition) is 2. The van der Waals surface area contributed by atoms with Crippen LogP contribution in [0.1, 0.15) is 56.7 Å². The molecule has 3 aromatic rings. The Morgan fingerprint density at radius 1 is 1.11 bits per heavy atom. The lowest BCUT2D eigenvalue weighted by Gasteiger charge is -2.39. The first-order chi connectivity index (χ1) is 18.2. The zero-order chi connectivity index (χ0) is 27.0. The summed E-state index contributed by atoms with van der Waals surface area (Å²) in [4.78, 5) is 16.0. The Bertz CT molecular complexity index is 1290. The first-order valence-corrected chi connectivity index (χ1v) is 13.5. The Morgan fingerprint density at radius 2 is 1.87 bits per heavy atom. The summed E-state index contributed by atoms with van der Waals surface area (Å²) in [7, 11) is 0. The maximum atomic E-state index is 15.2. The fourth-order valence-electron chi connectivity index (χ4n) is 5.79. The molecule has 0 unspecified atom stereocenters. The molecule has 4 atom stereocenters. The van der Waals surface area contributed by atoms with E-state index in [0.29, 0.717) is 30.7 Å². The number of morpholine rings is 1. The molecular weight excluding hydrogens is 485 g/mol. The van der Waals surface area contributed by atoms with Crippen LogP contribution in [0, 0.1) is 12.7 Å². The molecule has 0 amide bonds. The average Bonchev–Trinajstić information content (AvgIpc) is 2.89. The zero-order valence-electron chi connectivity index (χ0n) is 22.9. The Balaban J connectivity index is 1.56. The van der Waals surface area contributed by atoms with Crippen LogP contribution in [0.4, 0.5) is 10.3 Å². The van der Waals surface area contributed by atoms with Crippen molar-refractivity contribution < 1.29 is 19.0 Å². The molecule has 2 saturated heterocycles. The second kappa shape index (κ2) is 11.2. The van der Waals surface area contributed by atoms with Crippen LogP contribution >= 0.6 is 0 Å². The molecule has 2 N–H and O–H groups in total. The van der Waals surface area contributed by atoms with Gasteiger partial charge in [0.2, 0.25) is 5.95 Å². The van der Waals surface area contributed by atoms with Crippen LogP contribution in [-0.2, 0) is 16.0 Å². The Hall–Kier alpha value is -2.72. The molecule has 2 aliphatic heterocycles. The number of nitrogens with one attached hydrogen (secondary N) is 1. The fourth-order valence-corrected chi connectivity index (χ4v) is 5.79. The molecule has 2 aliphatic rings. The van der Waals surface area contributed by atoms with Gasteiger partial charge in [0.25, 0.3) is 0 Å². The van der Waals surface area contributed by atoms with Gasteiger partial charge in [0, 0.05) is 42.4 Å². The van der Waals surface area contributed by atoms with E-state index >= 15 is 4.39 Å². The lowest BCUT2D eigenvalue weighted by atomic mass is 9.89. The van der Waals surface area contributed by atoms with Gasteiger partial charge in [-0.1, -0.05) is 19.9 Å². The molecule has 0 radical (unpaired) electrons. The summed E-state index contributed by atoms with van der Waals surface area (Å²) in [5.74, 6) is 0.0494. The summed E-state index contributed by atoms with van der Waals surface area (Å²) in [6.45, 7) is 13.8. The van der Waals surface area contributed by atoms with E-state index in [1.807, 2.05) is 25.3 Å². The second-order valence-electron chi connectivity index (χ2n) is 11.0. The Morgan fingerprint density at radius 3 is 2.58 bits per heavy atom. The standard InChI is InChI=1S/C29H38FN5O3/c1-16(2)26-20(12-35-17(3)13-38-14-18(35)4)10-31-24-7-6-21(19(5)27(24)26)28-22(30)11-32-29(34-28)33-23-8-9-37-15-25(23)36/h6-7,10-11,16-18,23,25,36H,8-9,12-15H2,1-5H3,(H,32,33,34)/t17-,18-,23+,25+/m0/s1. The smallest absolute Gasteiger partial charge is 0.223 e. The number of aryl methyl sites for hydroxylation is 1. The van der Waals surface area contributed by atoms with E-state index in [1.54, 1.807) is 0 Å². The molecule has 2 aromatic heterocycles. The fraction of sp³-hybridized carbons (Fsp3) is 0.552. The second-order valence-corrected chi connectivity index (χ2v) is 11.0. The van der Waals surface area contributed by atoms with Crippen LogP contribution in [0.15, 0.2) is 24.5 Å². The largest absolute Gasteiger partial charge is 0.389 e. The number of rotatable bonds is 6. The summed E-state index contributed by atoms with van der Waals surface area (Å²) in [5.41, 5.74) is 5.20. The van der Waals surface area contributed by atoms with Gasteiger partial charge in [0.05, 0.1) is 43.7 Å². The van der Waals surface area contributed by atoms with E-state index < -0.39 is 11.9 Å². The van der Waals surface area contributed by atoms with Crippen molar-refractivity contribution in [1.29, 1.82) is 0 Å². The number of halogens is 1. The lowest BCUT2D eigenvalue weighted by molar-refractivity contribution is -0.0411. The van der Waals surface area contributed by atoms with Gasteiger partial charge in [-0.05, 0) is 55.9 Å². The van der Waals surface area contributed by atoms with E-state index in [-0.39, 0.29) is 30.2 Å². The third kappa shape index (κ3) is 5.25. The average molecular weight is 524 g/mol. The molecule has 8 nitrogen and oxygen atoms in total. The number of aliphatic hydroxyl groups excluding tert-OH is 1. The first kappa shape index (κ1) is 26.9. The van der Waals surface area contributed by atoms with E-state index in [1.165, 1.54) is 17.3 Å². The van der Waals surface area contributed by atoms with Crippen molar-refractivity contribution in [1.82, 2.24) is 19.9 Å². The third-order valence-corrected chi connectivity index (χ3v) is 7.84. The van der Waals surface area contributed by atoms with Crippen LogP contribution in [-0.4, -0.2) is 75.6 Å². The normalized spacial score (nSPS) is 24.7. The van der Waals surface area contributed by atoms with Gasteiger partial charge in [-0.25, -0.2) is 14.4 Å². The van der Waals surface area contributed by atoms with Gasteiger partial charge >= 0.3 is 0 Å². The van der Waals surface area contributed by atoms with Crippen molar-refractivity contribution in [3.63, 3.8) is 0 Å². The number of hydrogen-bond acceptors (Lipinski definition) is 8. The quantitative estimate of drug-likeness (QED) is 0.490. The number of fused-ring (bicyclic) bond motifs is 1. The summed E-state index contributed by atoms with van der Waals surface area (Å²) in [5, 5.41) is 14.5. The number of pyridine rings is 1. The molecule has 204 valence electrons. The molecule has 9 heteroatoms. The predicted octanol–water partition coefficient (Wildman–Crippen LogP) is 4.43. The minimum absolute atomic E-state index is 0.235. The predicted molar refractivity (Wildman–Crippen MR) is 146 cm³/mol. The van der Waals surface area contributed by atoms with Crippen LogP contribution < -0.4 is 5.32 Å². The molecule has 5 rings (SSSR count). The summed E-state index contributed by atoms with van der Waals surface area (Å²) >= 11 is 0. The van der Waals surface area contributed by atoms with Gasteiger partial charge < -0.3 is 19.9 Å². The van der Waals surface area contributed by atoms with Crippen LogP contribution in [0.5, 0.6) is 0 Å². The number of nitrogens with zero attached hydrogens (tertiary/aromatic N) is 4. The van der Waals surface area contributed by atoms with Crippen LogP contribution in [0.3, 0.4) is 0 Å². The van der Waals surface area contributed by atoms with Gasteiger partial charge in [-0.15, -0.1) is 0 Å². The number of aliphatic hydroxyl groups is 1. The molecule has 1 aromatic carbocycles. The monoisotopic (exact) mass is 523 g/mol. The molecular formula is C29H38FN5O3. The van der Waals surface area contributed by atoms with Gasteiger partial charge in [0.1, 0.15) is 5.69 Å². The summed E-state index contributed by atoms with van der Waals surface area (Å²) in [6, 6.07) is 4.22. The van der Waals surface area contributed by atoms with Crippen LogP contribution in [0.25, 0.3) is 22.2 Å². The number of aromatic nitrogens is 3. The zero-order valence-corrected chi connectivity index (χ0v) is 22.9. The van der Waals surface area contributed by atoms with Gasteiger partial charge in [-0.2, -0.15) is 0 Å². The summed E-state index contributed by atoms with van der Waals surface area (Å²) < 4.78 is 26.2.